The molecule has 158 valence electrons. The first-order valence-electron chi connectivity index (χ1n) is 9.85. The molecule has 4 rings (SSSR count). The summed E-state index contributed by atoms with van der Waals surface area (Å²) in [6.07, 6.45) is 3.12. The maximum absolute atomic E-state index is 13.4. The Morgan fingerprint density at radius 2 is 2.27 bits per heavy atom. The number of fused-ring (bicyclic) bond motifs is 1. The van der Waals surface area contributed by atoms with Crippen molar-refractivity contribution in [3.05, 3.63) is 53.3 Å². The van der Waals surface area contributed by atoms with Crippen LogP contribution in [0.1, 0.15) is 45.4 Å². The van der Waals surface area contributed by atoms with E-state index in [-0.39, 0.29) is 29.3 Å². The van der Waals surface area contributed by atoms with Crippen molar-refractivity contribution in [1.82, 2.24) is 20.4 Å². The lowest BCUT2D eigenvalue weighted by Gasteiger charge is -2.32. The van der Waals surface area contributed by atoms with Gasteiger partial charge >= 0.3 is 0 Å². The van der Waals surface area contributed by atoms with Crippen molar-refractivity contribution in [2.75, 3.05) is 33.4 Å². The molecule has 1 aromatic carbocycles. The van der Waals surface area contributed by atoms with Crippen molar-refractivity contribution >= 4 is 22.8 Å². The van der Waals surface area contributed by atoms with Crippen LogP contribution in [-0.2, 0) is 4.74 Å². The van der Waals surface area contributed by atoms with E-state index in [0.29, 0.717) is 48.5 Å². The summed E-state index contributed by atoms with van der Waals surface area (Å²) in [4.78, 5) is 27.1. The molecular formula is C21H23FN4O4. The minimum absolute atomic E-state index is 0.0461. The zero-order valence-electron chi connectivity index (χ0n) is 16.6. The van der Waals surface area contributed by atoms with Crippen LogP contribution in [0.2, 0.25) is 0 Å². The van der Waals surface area contributed by atoms with Gasteiger partial charge in [0.1, 0.15) is 11.4 Å². The summed E-state index contributed by atoms with van der Waals surface area (Å²) in [7, 11) is 1.57. The number of halogens is 1. The molecule has 0 unspecified atom stereocenters. The fraction of sp³-hybridized carbons (Fsp3) is 0.381. The Bertz CT molecular complexity index is 1060. The summed E-state index contributed by atoms with van der Waals surface area (Å²) < 4.78 is 24.0. The van der Waals surface area contributed by atoms with Gasteiger partial charge in [0.25, 0.3) is 11.8 Å². The standard InChI is InChI=1S/C21H23FN4O4/c1-29-8-6-23-20(27)16-11-24-25-19(16)13-3-2-7-26(12-13)21(28)18-10-14-9-15(22)4-5-17(14)30-18/h4-5,9-11,13H,2-3,6-8,12H2,1H3,(H,23,27)(H,24,25)/t13-/m0/s1. The van der Waals surface area contributed by atoms with Gasteiger partial charge in [-0.1, -0.05) is 0 Å². The Morgan fingerprint density at radius 1 is 1.40 bits per heavy atom. The molecule has 1 aliphatic rings. The lowest BCUT2D eigenvalue weighted by atomic mass is 9.92. The zero-order chi connectivity index (χ0) is 21.1. The van der Waals surface area contributed by atoms with Crippen LogP contribution in [0.4, 0.5) is 4.39 Å². The Labute approximate surface area is 172 Å². The van der Waals surface area contributed by atoms with Crippen LogP contribution >= 0.6 is 0 Å². The van der Waals surface area contributed by atoms with Gasteiger partial charge in [-0.2, -0.15) is 5.10 Å². The average Bonchev–Trinajstić information content (AvgIpc) is 3.40. The summed E-state index contributed by atoms with van der Waals surface area (Å²) in [5.74, 6) is -0.718. The number of benzene rings is 1. The smallest absolute Gasteiger partial charge is 0.289 e. The normalized spacial score (nSPS) is 16.7. The zero-order valence-corrected chi connectivity index (χ0v) is 16.6. The largest absolute Gasteiger partial charge is 0.451 e. The number of H-pyrrole nitrogens is 1. The number of rotatable bonds is 6. The van der Waals surface area contributed by atoms with Crippen LogP contribution in [-0.4, -0.2) is 60.3 Å². The molecule has 1 aliphatic heterocycles. The van der Waals surface area contributed by atoms with E-state index in [1.165, 1.54) is 24.4 Å². The Balaban J connectivity index is 1.49. The minimum atomic E-state index is -0.379. The molecule has 9 heteroatoms. The highest BCUT2D eigenvalue weighted by molar-refractivity contribution is 5.97. The van der Waals surface area contributed by atoms with E-state index in [9.17, 15) is 14.0 Å². The molecule has 1 fully saturated rings. The number of amides is 2. The number of piperidine rings is 1. The number of carbonyl (C=O) groups excluding carboxylic acids is 2. The molecule has 0 spiro atoms. The topological polar surface area (TPSA) is 100 Å². The highest BCUT2D eigenvalue weighted by Crippen LogP contribution is 2.29. The van der Waals surface area contributed by atoms with E-state index in [4.69, 9.17) is 9.15 Å². The number of ether oxygens (including phenoxy) is 1. The van der Waals surface area contributed by atoms with E-state index >= 15 is 0 Å². The molecule has 30 heavy (non-hydrogen) atoms. The highest BCUT2D eigenvalue weighted by atomic mass is 19.1. The third-order valence-corrected chi connectivity index (χ3v) is 5.31. The second-order valence-corrected chi connectivity index (χ2v) is 7.33. The number of nitrogens with one attached hydrogen (secondary N) is 2. The molecule has 0 radical (unpaired) electrons. The van der Waals surface area contributed by atoms with Gasteiger partial charge in [0, 0.05) is 38.0 Å². The molecule has 3 heterocycles. The van der Waals surface area contributed by atoms with Crippen LogP contribution < -0.4 is 5.32 Å². The van der Waals surface area contributed by atoms with Gasteiger partial charge in [-0.3, -0.25) is 14.7 Å². The van der Waals surface area contributed by atoms with Gasteiger partial charge in [-0.15, -0.1) is 0 Å². The van der Waals surface area contributed by atoms with Crippen LogP contribution in [0.25, 0.3) is 11.0 Å². The highest BCUT2D eigenvalue weighted by Gasteiger charge is 2.30. The van der Waals surface area contributed by atoms with Gasteiger partial charge in [0.15, 0.2) is 5.76 Å². The molecule has 0 aliphatic carbocycles. The van der Waals surface area contributed by atoms with Crippen molar-refractivity contribution in [3.8, 4) is 0 Å². The summed E-state index contributed by atoms with van der Waals surface area (Å²) in [5, 5.41) is 10.3. The molecule has 1 saturated heterocycles. The Hall–Kier alpha value is -3.20. The second-order valence-electron chi connectivity index (χ2n) is 7.33. The van der Waals surface area contributed by atoms with Gasteiger partial charge in [-0.05, 0) is 37.1 Å². The number of furan rings is 1. The molecule has 3 aromatic rings. The van der Waals surface area contributed by atoms with Crippen molar-refractivity contribution in [1.29, 1.82) is 0 Å². The summed E-state index contributed by atoms with van der Waals surface area (Å²) in [5.41, 5.74) is 1.66. The lowest BCUT2D eigenvalue weighted by Crippen LogP contribution is -2.39. The van der Waals surface area contributed by atoms with Crippen LogP contribution in [0, 0.1) is 5.82 Å². The van der Waals surface area contributed by atoms with E-state index in [1.807, 2.05) is 0 Å². The second kappa shape index (κ2) is 8.66. The molecule has 2 aromatic heterocycles. The fourth-order valence-electron chi connectivity index (χ4n) is 3.82. The Morgan fingerprint density at radius 3 is 3.10 bits per heavy atom. The molecule has 2 N–H and O–H groups in total. The van der Waals surface area contributed by atoms with E-state index < -0.39 is 0 Å². The molecule has 1 atom stereocenters. The molecule has 0 saturated carbocycles. The monoisotopic (exact) mass is 414 g/mol. The number of methoxy groups -OCH3 is 1. The average molecular weight is 414 g/mol. The Kier molecular flexibility index (Phi) is 5.80. The van der Waals surface area contributed by atoms with Gasteiger partial charge in [0.2, 0.25) is 0 Å². The first kappa shape index (κ1) is 20.1. The number of hydrogen-bond acceptors (Lipinski definition) is 5. The number of aromatic amines is 1. The van der Waals surface area contributed by atoms with E-state index in [2.05, 4.69) is 15.5 Å². The first-order chi connectivity index (χ1) is 14.6. The molecule has 8 nitrogen and oxygen atoms in total. The summed E-state index contributed by atoms with van der Waals surface area (Å²) in [6, 6.07) is 5.72. The fourth-order valence-corrected chi connectivity index (χ4v) is 3.82. The maximum atomic E-state index is 13.4. The van der Waals surface area contributed by atoms with Gasteiger partial charge < -0.3 is 19.4 Å². The minimum Gasteiger partial charge on any atom is -0.451 e. The molecule has 2 amide bonds. The lowest BCUT2D eigenvalue weighted by molar-refractivity contribution is 0.0676. The number of nitrogens with zero attached hydrogens (tertiary/aromatic N) is 2. The van der Waals surface area contributed by atoms with Crippen molar-refractivity contribution in [3.63, 3.8) is 0 Å². The van der Waals surface area contributed by atoms with E-state index in [0.717, 1.165) is 12.8 Å². The predicted molar refractivity (Wildman–Crippen MR) is 107 cm³/mol. The third-order valence-electron chi connectivity index (χ3n) is 5.31. The van der Waals surface area contributed by atoms with Crippen LogP contribution in [0.15, 0.2) is 34.9 Å². The molecule has 0 bridgehead atoms. The van der Waals surface area contributed by atoms with Crippen LogP contribution in [0.5, 0.6) is 0 Å². The number of aromatic nitrogens is 2. The first-order valence-corrected chi connectivity index (χ1v) is 9.85. The van der Waals surface area contributed by atoms with E-state index in [1.54, 1.807) is 18.1 Å². The molecular weight excluding hydrogens is 391 g/mol. The van der Waals surface area contributed by atoms with Crippen molar-refractivity contribution in [2.24, 2.45) is 0 Å². The quantitative estimate of drug-likeness (QED) is 0.604. The van der Waals surface area contributed by atoms with Crippen LogP contribution in [0.3, 0.4) is 0 Å². The SMILES string of the molecule is COCCNC(=O)c1cn[nH]c1[C@H]1CCCN(C(=O)c2cc3cc(F)ccc3o2)C1. The number of likely N-dealkylation sites (tertiary alicyclic amines) is 1. The maximum Gasteiger partial charge on any atom is 0.289 e. The predicted octanol–water partition coefficient (Wildman–Crippen LogP) is 2.69. The third kappa shape index (κ3) is 4.06. The van der Waals surface area contributed by atoms with Gasteiger partial charge in [-0.25, -0.2) is 4.39 Å². The van der Waals surface area contributed by atoms with Gasteiger partial charge in [0.05, 0.1) is 24.1 Å². The van der Waals surface area contributed by atoms with Crippen molar-refractivity contribution < 1.29 is 23.1 Å². The van der Waals surface area contributed by atoms with Crippen molar-refractivity contribution in [2.45, 2.75) is 18.8 Å². The number of carbonyl (C=O) groups is 2. The summed E-state index contributed by atoms with van der Waals surface area (Å²) in [6.45, 7) is 1.85. The number of hydrogen-bond donors (Lipinski definition) is 2. The summed E-state index contributed by atoms with van der Waals surface area (Å²) >= 11 is 0.